The molecular weight excluding hydrogens is 334 g/mol. The van der Waals surface area contributed by atoms with Crippen LogP contribution in [-0.2, 0) is 4.79 Å². The molecule has 2 saturated heterocycles. The molecule has 1 amide bonds. The number of hydrogen-bond donors (Lipinski definition) is 4. The monoisotopic (exact) mass is 361 g/mol. The molecule has 2 aliphatic heterocycles. The van der Waals surface area contributed by atoms with E-state index in [2.05, 4.69) is 27.8 Å². The fourth-order valence-electron chi connectivity index (χ4n) is 3.42. The van der Waals surface area contributed by atoms with Gasteiger partial charge in [-0.15, -0.1) is 0 Å². The van der Waals surface area contributed by atoms with Crippen molar-refractivity contribution in [2.75, 3.05) is 18.4 Å². The summed E-state index contributed by atoms with van der Waals surface area (Å²) in [6, 6.07) is 7.88. The average Bonchev–Trinajstić information content (AvgIpc) is 2.54. The minimum atomic E-state index is -0.588. The van der Waals surface area contributed by atoms with Gasteiger partial charge in [0.15, 0.2) is 0 Å². The largest absolute Gasteiger partial charge is 0.349 e. The molecule has 0 spiro atoms. The van der Waals surface area contributed by atoms with Gasteiger partial charge in [-0.2, -0.15) is 0 Å². The maximum Gasteiger partial charge on any atom is 0.235 e. The molecule has 136 valence electrons. The van der Waals surface area contributed by atoms with Crippen molar-refractivity contribution in [3.63, 3.8) is 0 Å². The van der Waals surface area contributed by atoms with E-state index in [1.807, 2.05) is 31.2 Å². The molecule has 0 aromatic heterocycles. The van der Waals surface area contributed by atoms with E-state index in [1.165, 1.54) is 0 Å². The van der Waals surface area contributed by atoms with E-state index in [9.17, 15) is 4.79 Å². The number of benzene rings is 1. The van der Waals surface area contributed by atoms with Crippen LogP contribution >= 0.6 is 12.2 Å². The molecule has 0 aliphatic carbocycles. The summed E-state index contributed by atoms with van der Waals surface area (Å²) in [5.41, 5.74) is 8.25. The summed E-state index contributed by atoms with van der Waals surface area (Å²) < 4.78 is 0. The van der Waals surface area contributed by atoms with Gasteiger partial charge >= 0.3 is 0 Å². The molecule has 3 rings (SSSR count). The average molecular weight is 362 g/mol. The molecule has 7 heteroatoms. The van der Waals surface area contributed by atoms with Crippen molar-refractivity contribution in [3.05, 3.63) is 29.8 Å². The van der Waals surface area contributed by atoms with E-state index >= 15 is 0 Å². The van der Waals surface area contributed by atoms with Crippen molar-refractivity contribution < 1.29 is 4.79 Å². The highest BCUT2D eigenvalue weighted by Crippen LogP contribution is 2.20. The number of nitrogens with zero attached hydrogens (tertiary/aromatic N) is 1. The number of carbonyl (C=O) groups excluding carboxylic acids is 1. The van der Waals surface area contributed by atoms with Crippen molar-refractivity contribution in [2.45, 2.75) is 39.1 Å². The van der Waals surface area contributed by atoms with Gasteiger partial charge in [-0.25, -0.2) is 0 Å². The van der Waals surface area contributed by atoms with Crippen molar-refractivity contribution >= 4 is 28.8 Å². The lowest BCUT2D eigenvalue weighted by Crippen LogP contribution is -2.71. The normalized spacial score (nSPS) is 28.4. The molecule has 3 unspecified atom stereocenters. The fraction of sp³-hybridized carbons (Fsp3) is 0.556. The van der Waals surface area contributed by atoms with Gasteiger partial charge in [-0.05, 0) is 43.4 Å². The van der Waals surface area contributed by atoms with Gasteiger partial charge in [0.1, 0.15) is 12.2 Å². The van der Waals surface area contributed by atoms with E-state index < -0.39 is 12.1 Å². The number of likely N-dealkylation sites (tertiary alicyclic amines) is 1. The quantitative estimate of drug-likeness (QED) is 0.609. The van der Waals surface area contributed by atoms with E-state index in [1.54, 1.807) is 0 Å². The second-order valence-electron chi connectivity index (χ2n) is 7.16. The van der Waals surface area contributed by atoms with Crippen LogP contribution in [0.15, 0.2) is 24.3 Å². The first-order valence-corrected chi connectivity index (χ1v) is 9.28. The number of rotatable bonds is 3. The highest BCUT2D eigenvalue weighted by atomic mass is 32.1. The third-order valence-corrected chi connectivity index (χ3v) is 5.38. The third kappa shape index (κ3) is 4.36. The van der Waals surface area contributed by atoms with Crippen LogP contribution in [0, 0.1) is 18.8 Å². The van der Waals surface area contributed by atoms with Crippen LogP contribution in [0.4, 0.5) is 5.69 Å². The number of nitrogens with two attached hydrogens (primary N) is 1. The Hall–Kier alpha value is -1.54. The third-order valence-electron chi connectivity index (χ3n) is 5.02. The van der Waals surface area contributed by atoms with Gasteiger partial charge in [0.05, 0.1) is 11.2 Å². The predicted molar refractivity (Wildman–Crippen MR) is 104 cm³/mol. The molecule has 1 aromatic carbocycles. The highest BCUT2D eigenvalue weighted by molar-refractivity contribution is 7.80. The molecule has 3 atom stereocenters. The molecule has 25 heavy (non-hydrogen) atoms. The Labute approximate surface area is 154 Å². The van der Waals surface area contributed by atoms with Gasteiger partial charge in [0, 0.05) is 18.8 Å². The maximum atomic E-state index is 12.6. The Bertz CT molecular complexity index is 644. The second-order valence-corrected chi connectivity index (χ2v) is 7.60. The topological polar surface area (TPSA) is 82.4 Å². The van der Waals surface area contributed by atoms with Crippen molar-refractivity contribution in [1.82, 2.24) is 15.5 Å². The summed E-state index contributed by atoms with van der Waals surface area (Å²) in [7, 11) is 0. The summed E-state index contributed by atoms with van der Waals surface area (Å²) in [6.45, 7) is 6.20. The first kappa shape index (κ1) is 18.3. The lowest BCUT2D eigenvalue weighted by atomic mass is 9.98. The summed E-state index contributed by atoms with van der Waals surface area (Å²) in [5, 5.41) is 9.48. The van der Waals surface area contributed by atoms with Gasteiger partial charge in [0.2, 0.25) is 5.91 Å². The first-order chi connectivity index (χ1) is 11.9. The molecule has 0 radical (unpaired) electrons. The van der Waals surface area contributed by atoms with Crippen molar-refractivity contribution in [2.24, 2.45) is 17.6 Å². The summed E-state index contributed by atoms with van der Waals surface area (Å²) >= 11 is 5.46. The van der Waals surface area contributed by atoms with Crippen LogP contribution in [0.2, 0.25) is 0 Å². The SMILES string of the molecule is Cc1cccc(NC(=S)C2C(=O)NC(N3CCC(C)CC3)NC2N)c1. The van der Waals surface area contributed by atoms with Crippen LogP contribution in [0.25, 0.3) is 0 Å². The van der Waals surface area contributed by atoms with Crippen molar-refractivity contribution in [1.29, 1.82) is 0 Å². The van der Waals surface area contributed by atoms with Gasteiger partial charge in [-0.3, -0.25) is 15.0 Å². The minimum absolute atomic E-state index is 0.125. The molecule has 5 N–H and O–H groups in total. The smallest absolute Gasteiger partial charge is 0.235 e. The number of thiocarbonyl (C=S) groups is 1. The molecule has 1 aromatic rings. The number of carbonyl (C=O) groups is 1. The molecule has 0 saturated carbocycles. The fourth-order valence-corrected chi connectivity index (χ4v) is 3.79. The number of aryl methyl sites for hydroxylation is 1. The molecule has 2 fully saturated rings. The summed E-state index contributed by atoms with van der Waals surface area (Å²) in [6.07, 6.45) is 1.55. The molecule has 6 nitrogen and oxygen atoms in total. The molecule has 0 bridgehead atoms. The zero-order valence-corrected chi connectivity index (χ0v) is 15.6. The van der Waals surface area contributed by atoms with E-state index in [0.717, 1.165) is 43.1 Å². The number of hydrogen-bond acceptors (Lipinski definition) is 5. The number of piperidine rings is 1. The van der Waals surface area contributed by atoms with Crippen LogP contribution in [-0.4, -0.2) is 41.3 Å². The predicted octanol–water partition coefficient (Wildman–Crippen LogP) is 1.37. The van der Waals surface area contributed by atoms with Crippen molar-refractivity contribution in [3.8, 4) is 0 Å². The number of amides is 1. The Morgan fingerprint density at radius 2 is 2.08 bits per heavy atom. The second kappa shape index (κ2) is 7.78. The van der Waals surface area contributed by atoms with E-state index in [0.29, 0.717) is 4.99 Å². The Morgan fingerprint density at radius 3 is 2.72 bits per heavy atom. The van der Waals surface area contributed by atoms with Gasteiger partial charge in [0.25, 0.3) is 0 Å². The van der Waals surface area contributed by atoms with Crippen LogP contribution < -0.4 is 21.7 Å². The number of nitrogens with one attached hydrogen (secondary N) is 3. The number of anilines is 1. The highest BCUT2D eigenvalue weighted by Gasteiger charge is 2.39. The Balaban J connectivity index is 1.62. The van der Waals surface area contributed by atoms with E-state index in [4.69, 9.17) is 18.0 Å². The van der Waals surface area contributed by atoms with Gasteiger partial charge < -0.3 is 16.4 Å². The van der Waals surface area contributed by atoms with Crippen LogP contribution in [0.3, 0.4) is 0 Å². The van der Waals surface area contributed by atoms with E-state index in [-0.39, 0.29) is 12.2 Å². The van der Waals surface area contributed by atoms with Crippen LogP contribution in [0.1, 0.15) is 25.3 Å². The molecular formula is C18H27N5OS. The molecule has 2 heterocycles. The Kier molecular flexibility index (Phi) is 5.68. The summed E-state index contributed by atoms with van der Waals surface area (Å²) in [5.74, 6) is 0.0265. The lowest BCUT2D eigenvalue weighted by Gasteiger charge is -2.43. The summed E-state index contributed by atoms with van der Waals surface area (Å²) in [4.78, 5) is 15.3. The first-order valence-electron chi connectivity index (χ1n) is 8.87. The minimum Gasteiger partial charge on any atom is -0.349 e. The zero-order chi connectivity index (χ0) is 18.0. The van der Waals surface area contributed by atoms with Crippen LogP contribution in [0.5, 0.6) is 0 Å². The van der Waals surface area contributed by atoms with Gasteiger partial charge in [-0.1, -0.05) is 31.3 Å². The lowest BCUT2D eigenvalue weighted by molar-refractivity contribution is -0.129. The standard InChI is InChI=1S/C18H27N5OS/c1-11-6-8-23(9-7-11)18-21-15(19)14(16(24)22-18)17(25)20-13-5-3-4-12(2)10-13/h3-5,10-11,14-15,18,21H,6-9,19H2,1-2H3,(H,20,25)(H,22,24). The Morgan fingerprint density at radius 1 is 1.36 bits per heavy atom. The molecule has 2 aliphatic rings. The maximum absolute atomic E-state index is 12.6. The zero-order valence-electron chi connectivity index (χ0n) is 14.8.